The molecule has 0 amide bonds. The Balaban J connectivity index is 3.40. The molecule has 0 fully saturated rings. The van der Waals surface area contributed by atoms with E-state index in [0.717, 1.165) is 0 Å². The Morgan fingerprint density at radius 2 is 2.10 bits per heavy atom. The number of ketones is 1. The molecule has 0 aliphatic rings. The van der Waals surface area contributed by atoms with Gasteiger partial charge in [0.1, 0.15) is 12.7 Å². The van der Waals surface area contributed by atoms with Crippen LogP contribution in [0.3, 0.4) is 0 Å². The maximum absolute atomic E-state index is 11.4. The fraction of sp³-hybridized carbons (Fsp3) is 0.833. The van der Waals surface area contributed by atoms with Crippen molar-refractivity contribution in [1.29, 1.82) is 0 Å². The number of hydrogen-bond acceptors (Lipinski definition) is 2. The van der Waals surface area contributed by atoms with Gasteiger partial charge in [-0.2, -0.15) is 0 Å². The third kappa shape index (κ3) is 4.38. The Morgan fingerprint density at radius 3 is 2.40 bits per heavy atom. The Hall–Kier alpha value is -0.510. The maximum atomic E-state index is 11.4. The molecule has 0 aromatic carbocycles. The van der Waals surface area contributed by atoms with Gasteiger partial charge in [0.2, 0.25) is 0 Å². The van der Waals surface area contributed by atoms with Crippen LogP contribution in [0.25, 0.3) is 0 Å². The molecule has 0 saturated heterocycles. The standard InChI is InChI=1S/C6H10F2O2/c1-4(9)5(2)10-3-6(7)8/h5-6H,3H2,1-2H3. The molecule has 1 unspecified atom stereocenters. The lowest BCUT2D eigenvalue weighted by Crippen LogP contribution is -2.20. The van der Waals surface area contributed by atoms with Gasteiger partial charge < -0.3 is 4.74 Å². The van der Waals surface area contributed by atoms with Crippen LogP contribution < -0.4 is 0 Å². The first-order valence-electron chi connectivity index (χ1n) is 2.94. The molecule has 4 heteroatoms. The van der Waals surface area contributed by atoms with E-state index < -0.39 is 19.1 Å². The Labute approximate surface area is 58.2 Å². The van der Waals surface area contributed by atoms with Crippen LogP contribution in [-0.2, 0) is 9.53 Å². The first kappa shape index (κ1) is 9.49. The Kier molecular flexibility index (Phi) is 4.11. The summed E-state index contributed by atoms with van der Waals surface area (Å²) in [6, 6.07) is 0. The summed E-state index contributed by atoms with van der Waals surface area (Å²) in [5, 5.41) is 0. The van der Waals surface area contributed by atoms with Crippen molar-refractivity contribution in [3.8, 4) is 0 Å². The van der Waals surface area contributed by atoms with Crippen LogP contribution in [0.2, 0.25) is 0 Å². The molecule has 0 heterocycles. The maximum Gasteiger partial charge on any atom is 0.261 e. The highest BCUT2D eigenvalue weighted by Crippen LogP contribution is 1.97. The molecule has 10 heavy (non-hydrogen) atoms. The Bertz CT molecular complexity index is 114. The molecular formula is C6H10F2O2. The minimum atomic E-state index is -2.50. The third-order valence-electron chi connectivity index (χ3n) is 1.04. The van der Waals surface area contributed by atoms with Crippen LogP contribution in [0.1, 0.15) is 13.8 Å². The average molecular weight is 152 g/mol. The molecule has 0 aromatic heterocycles. The largest absolute Gasteiger partial charge is 0.365 e. The minimum Gasteiger partial charge on any atom is -0.365 e. The molecule has 2 nitrogen and oxygen atoms in total. The van der Waals surface area contributed by atoms with Gasteiger partial charge in [0.05, 0.1) is 0 Å². The molecular weight excluding hydrogens is 142 g/mol. The number of Topliss-reactive ketones (excluding diaryl/α,β-unsaturated/α-hetero) is 1. The number of carbonyl (C=O) groups excluding carboxylic acids is 1. The number of hydrogen-bond donors (Lipinski definition) is 0. The first-order valence-corrected chi connectivity index (χ1v) is 2.94. The van der Waals surface area contributed by atoms with Crippen molar-refractivity contribution < 1.29 is 18.3 Å². The number of rotatable bonds is 4. The third-order valence-corrected chi connectivity index (χ3v) is 1.04. The van der Waals surface area contributed by atoms with Crippen LogP contribution in [0.15, 0.2) is 0 Å². The molecule has 60 valence electrons. The first-order chi connectivity index (χ1) is 4.54. The summed E-state index contributed by atoms with van der Waals surface area (Å²) in [7, 11) is 0. The van der Waals surface area contributed by atoms with E-state index in [1.54, 1.807) is 0 Å². The quantitative estimate of drug-likeness (QED) is 0.605. The molecule has 0 spiro atoms. The van der Waals surface area contributed by atoms with Gasteiger partial charge in [0.15, 0.2) is 5.78 Å². The summed E-state index contributed by atoms with van der Waals surface area (Å²) in [5.41, 5.74) is 0. The van der Waals surface area contributed by atoms with Gasteiger partial charge in [0.25, 0.3) is 6.43 Å². The van der Waals surface area contributed by atoms with E-state index in [-0.39, 0.29) is 5.78 Å². The summed E-state index contributed by atoms with van der Waals surface area (Å²) in [5.74, 6) is -0.236. The van der Waals surface area contributed by atoms with E-state index in [9.17, 15) is 13.6 Å². The monoisotopic (exact) mass is 152 g/mol. The van der Waals surface area contributed by atoms with E-state index in [1.165, 1.54) is 13.8 Å². The van der Waals surface area contributed by atoms with Crippen LogP contribution in [0.5, 0.6) is 0 Å². The SMILES string of the molecule is CC(=O)C(C)OCC(F)F. The van der Waals surface area contributed by atoms with Gasteiger partial charge in [-0.15, -0.1) is 0 Å². The lowest BCUT2D eigenvalue weighted by Gasteiger charge is -2.07. The molecule has 1 atom stereocenters. The lowest BCUT2D eigenvalue weighted by atomic mass is 10.3. The predicted octanol–water partition coefficient (Wildman–Crippen LogP) is 1.25. The molecule has 0 rings (SSSR count). The fourth-order valence-corrected chi connectivity index (χ4v) is 0.334. The van der Waals surface area contributed by atoms with Gasteiger partial charge in [-0.05, 0) is 13.8 Å². The number of halogens is 2. The van der Waals surface area contributed by atoms with Crippen LogP contribution in [0, 0.1) is 0 Å². The lowest BCUT2D eigenvalue weighted by molar-refractivity contribution is -0.129. The summed E-state index contributed by atoms with van der Waals surface area (Å²) in [4.78, 5) is 10.4. The number of alkyl halides is 2. The van der Waals surface area contributed by atoms with Crippen molar-refractivity contribution in [3.05, 3.63) is 0 Å². The van der Waals surface area contributed by atoms with E-state index >= 15 is 0 Å². The second kappa shape index (κ2) is 4.33. The zero-order chi connectivity index (χ0) is 8.15. The van der Waals surface area contributed by atoms with Gasteiger partial charge in [-0.1, -0.05) is 0 Å². The van der Waals surface area contributed by atoms with Crippen molar-refractivity contribution in [1.82, 2.24) is 0 Å². The predicted molar refractivity (Wildman–Crippen MR) is 32.1 cm³/mol. The van der Waals surface area contributed by atoms with Crippen molar-refractivity contribution in [3.63, 3.8) is 0 Å². The average Bonchev–Trinajstić information content (AvgIpc) is 1.82. The van der Waals surface area contributed by atoms with E-state index in [0.29, 0.717) is 0 Å². The fourth-order valence-electron chi connectivity index (χ4n) is 0.334. The topological polar surface area (TPSA) is 26.3 Å². The van der Waals surface area contributed by atoms with Gasteiger partial charge in [-0.25, -0.2) is 8.78 Å². The zero-order valence-corrected chi connectivity index (χ0v) is 5.93. The number of ether oxygens (including phenoxy) is 1. The molecule has 0 bridgehead atoms. The molecule has 0 saturated carbocycles. The normalized spacial score (nSPS) is 13.7. The molecule has 0 aromatic rings. The van der Waals surface area contributed by atoms with Crippen molar-refractivity contribution in [2.45, 2.75) is 26.4 Å². The molecule has 0 aliphatic heterocycles. The summed E-state index contributed by atoms with van der Waals surface area (Å²) in [6.45, 7) is 2.08. The summed E-state index contributed by atoms with van der Waals surface area (Å²) in [6.07, 6.45) is -3.21. The van der Waals surface area contributed by atoms with Gasteiger partial charge >= 0.3 is 0 Å². The zero-order valence-electron chi connectivity index (χ0n) is 5.93. The molecule has 0 N–H and O–H groups in total. The second-order valence-corrected chi connectivity index (χ2v) is 1.98. The highest BCUT2D eigenvalue weighted by molar-refractivity contribution is 5.79. The van der Waals surface area contributed by atoms with Gasteiger partial charge in [0, 0.05) is 0 Å². The summed E-state index contributed by atoms with van der Waals surface area (Å²) < 4.78 is 27.3. The van der Waals surface area contributed by atoms with Crippen LogP contribution in [0.4, 0.5) is 8.78 Å². The minimum absolute atomic E-state index is 0.236. The van der Waals surface area contributed by atoms with E-state index in [4.69, 9.17) is 0 Å². The van der Waals surface area contributed by atoms with Crippen molar-refractivity contribution in [2.75, 3.05) is 6.61 Å². The van der Waals surface area contributed by atoms with E-state index in [1.807, 2.05) is 0 Å². The van der Waals surface area contributed by atoms with Crippen molar-refractivity contribution >= 4 is 5.78 Å². The van der Waals surface area contributed by atoms with Crippen LogP contribution in [-0.4, -0.2) is 24.9 Å². The van der Waals surface area contributed by atoms with Gasteiger partial charge in [-0.3, -0.25) is 4.79 Å². The highest BCUT2D eigenvalue weighted by Gasteiger charge is 2.10. The van der Waals surface area contributed by atoms with Crippen molar-refractivity contribution in [2.24, 2.45) is 0 Å². The molecule has 0 radical (unpaired) electrons. The van der Waals surface area contributed by atoms with E-state index in [2.05, 4.69) is 4.74 Å². The number of carbonyl (C=O) groups is 1. The second-order valence-electron chi connectivity index (χ2n) is 1.98. The Morgan fingerprint density at radius 1 is 1.60 bits per heavy atom. The smallest absolute Gasteiger partial charge is 0.261 e. The summed E-state index contributed by atoms with van der Waals surface area (Å²) >= 11 is 0. The molecule has 0 aliphatic carbocycles. The highest BCUT2D eigenvalue weighted by atomic mass is 19.3. The van der Waals surface area contributed by atoms with Crippen LogP contribution >= 0.6 is 0 Å².